The Balaban J connectivity index is 2.14. The number of benzene rings is 1. The molecule has 0 atom stereocenters. The second-order valence-electron chi connectivity index (χ2n) is 3.62. The van der Waals surface area contributed by atoms with Crippen LogP contribution in [0.3, 0.4) is 0 Å². The topological polar surface area (TPSA) is 20.9 Å². The number of rotatable bonds is 3. The molecule has 86 valence electrons. The molecule has 4 heteroatoms. The van der Waals surface area contributed by atoms with E-state index in [0.29, 0.717) is 5.56 Å². The van der Waals surface area contributed by atoms with Crippen molar-refractivity contribution in [3.05, 3.63) is 64.6 Å². The molecule has 1 aromatic carbocycles. The van der Waals surface area contributed by atoms with Crippen molar-refractivity contribution in [2.75, 3.05) is 0 Å². The van der Waals surface area contributed by atoms with Crippen molar-refractivity contribution in [1.29, 1.82) is 0 Å². The van der Waals surface area contributed by atoms with Gasteiger partial charge in [-0.05, 0) is 46.3 Å². The van der Waals surface area contributed by atoms with Crippen molar-refractivity contribution < 1.29 is 13.8 Å². The average Bonchev–Trinajstić information content (AvgIpc) is 2.29. The quantitative estimate of drug-likeness (QED) is 0.630. The molecule has 17 heavy (non-hydrogen) atoms. The number of aromatic nitrogens is 1. The second-order valence-corrected chi connectivity index (χ2v) is 4.54. The largest absolute Gasteiger partial charge is 0.287 e. The maximum absolute atomic E-state index is 12.7. The molecule has 0 radical (unpaired) electrons. The van der Waals surface area contributed by atoms with Crippen LogP contribution in [0.15, 0.2) is 53.3 Å². The van der Waals surface area contributed by atoms with E-state index in [0.717, 1.165) is 4.47 Å². The molecule has 0 unspecified atom stereocenters. The zero-order valence-corrected chi connectivity index (χ0v) is 10.5. The molecule has 0 aliphatic carbocycles. The van der Waals surface area contributed by atoms with E-state index in [1.807, 2.05) is 24.5 Å². The van der Waals surface area contributed by atoms with Crippen LogP contribution in [-0.2, 0) is 6.54 Å². The van der Waals surface area contributed by atoms with Crippen LogP contribution in [-0.4, -0.2) is 5.78 Å². The molecule has 0 N–H and O–H groups in total. The fourth-order valence-corrected chi connectivity index (χ4v) is 1.90. The van der Waals surface area contributed by atoms with Gasteiger partial charge in [0.15, 0.2) is 12.4 Å². The molecule has 0 spiro atoms. The van der Waals surface area contributed by atoms with Gasteiger partial charge in [-0.15, -0.1) is 0 Å². The molecule has 0 saturated carbocycles. The van der Waals surface area contributed by atoms with E-state index in [1.54, 1.807) is 4.57 Å². The Morgan fingerprint density at radius 1 is 1.24 bits per heavy atom. The Hall–Kier alpha value is -1.55. The van der Waals surface area contributed by atoms with Crippen molar-refractivity contribution in [1.82, 2.24) is 0 Å². The smallest absolute Gasteiger partial charge is 0.227 e. The summed E-state index contributed by atoms with van der Waals surface area (Å²) in [5, 5.41) is 0. The number of pyridine rings is 1. The lowest BCUT2D eigenvalue weighted by atomic mass is 10.1. The van der Waals surface area contributed by atoms with Crippen LogP contribution < -0.4 is 4.57 Å². The van der Waals surface area contributed by atoms with Crippen LogP contribution in [0.2, 0.25) is 0 Å². The SMILES string of the molecule is O=C(C[n+]1cccc(Br)c1)c1ccc(F)cc1. The number of hydrogen-bond acceptors (Lipinski definition) is 1. The van der Waals surface area contributed by atoms with E-state index in [1.165, 1.54) is 24.3 Å². The molecular weight excluding hydrogens is 285 g/mol. The third-order valence-corrected chi connectivity index (χ3v) is 2.78. The number of nitrogens with zero attached hydrogens (tertiary/aromatic N) is 1. The van der Waals surface area contributed by atoms with Gasteiger partial charge in [-0.3, -0.25) is 4.79 Å². The predicted octanol–water partition coefficient (Wildman–Crippen LogP) is 2.76. The first kappa shape index (κ1) is 11.9. The van der Waals surface area contributed by atoms with Crippen molar-refractivity contribution in [2.45, 2.75) is 6.54 Å². The molecule has 0 aliphatic rings. The van der Waals surface area contributed by atoms with E-state index >= 15 is 0 Å². The molecule has 0 aliphatic heterocycles. The minimum absolute atomic E-state index is 0.0481. The normalized spacial score (nSPS) is 10.2. The van der Waals surface area contributed by atoms with E-state index in [4.69, 9.17) is 0 Å². The Labute approximate surface area is 107 Å². The zero-order chi connectivity index (χ0) is 12.3. The molecule has 2 aromatic rings. The highest BCUT2D eigenvalue weighted by atomic mass is 79.9. The lowest BCUT2D eigenvalue weighted by Crippen LogP contribution is -2.37. The Kier molecular flexibility index (Phi) is 3.64. The van der Waals surface area contributed by atoms with Gasteiger partial charge in [0.05, 0.1) is 4.47 Å². The Morgan fingerprint density at radius 2 is 1.94 bits per heavy atom. The number of carbonyl (C=O) groups excluding carboxylic acids is 1. The fraction of sp³-hybridized carbons (Fsp3) is 0.0769. The molecular formula is C13H10BrFNO+. The summed E-state index contributed by atoms with van der Waals surface area (Å²) in [5.41, 5.74) is 0.513. The molecule has 0 fully saturated rings. The molecule has 2 nitrogen and oxygen atoms in total. The highest BCUT2D eigenvalue weighted by Crippen LogP contribution is 2.05. The maximum atomic E-state index is 12.7. The lowest BCUT2D eigenvalue weighted by Gasteiger charge is -1.98. The monoisotopic (exact) mass is 294 g/mol. The van der Waals surface area contributed by atoms with Crippen molar-refractivity contribution in [3.8, 4) is 0 Å². The minimum atomic E-state index is -0.336. The molecule has 1 aromatic heterocycles. The summed E-state index contributed by atoms with van der Waals surface area (Å²) in [5.74, 6) is -0.384. The van der Waals surface area contributed by atoms with Crippen LogP contribution in [0.5, 0.6) is 0 Å². The standard InChI is InChI=1S/C13H10BrFNO/c14-11-2-1-7-16(8-11)9-13(17)10-3-5-12(15)6-4-10/h1-8H,9H2/q+1. The first-order valence-electron chi connectivity index (χ1n) is 5.08. The predicted molar refractivity (Wildman–Crippen MR) is 65.1 cm³/mol. The molecule has 2 rings (SSSR count). The van der Waals surface area contributed by atoms with E-state index in [9.17, 15) is 9.18 Å². The first-order chi connectivity index (χ1) is 8.15. The zero-order valence-electron chi connectivity index (χ0n) is 8.94. The fourth-order valence-electron chi connectivity index (χ4n) is 1.48. The van der Waals surface area contributed by atoms with Crippen molar-refractivity contribution >= 4 is 21.7 Å². The maximum Gasteiger partial charge on any atom is 0.227 e. The van der Waals surface area contributed by atoms with Crippen LogP contribution in [0, 0.1) is 5.82 Å². The number of ketones is 1. The number of hydrogen-bond donors (Lipinski definition) is 0. The van der Waals surface area contributed by atoms with E-state index in [-0.39, 0.29) is 18.1 Å². The molecule has 0 amide bonds. The Morgan fingerprint density at radius 3 is 2.59 bits per heavy atom. The Bertz CT molecular complexity index is 539. The van der Waals surface area contributed by atoms with Gasteiger partial charge >= 0.3 is 0 Å². The van der Waals surface area contributed by atoms with Crippen LogP contribution >= 0.6 is 15.9 Å². The highest BCUT2D eigenvalue weighted by Gasteiger charge is 2.12. The van der Waals surface area contributed by atoms with Crippen LogP contribution in [0.25, 0.3) is 0 Å². The minimum Gasteiger partial charge on any atom is -0.287 e. The van der Waals surface area contributed by atoms with Gasteiger partial charge in [-0.1, -0.05) is 0 Å². The van der Waals surface area contributed by atoms with Crippen LogP contribution in [0.1, 0.15) is 10.4 Å². The number of Topliss-reactive ketones (excluding diaryl/α,β-unsaturated/α-hetero) is 1. The van der Waals surface area contributed by atoms with Crippen molar-refractivity contribution in [3.63, 3.8) is 0 Å². The summed E-state index contributed by atoms with van der Waals surface area (Å²) in [4.78, 5) is 11.9. The number of halogens is 2. The summed E-state index contributed by atoms with van der Waals surface area (Å²) in [6, 6.07) is 9.31. The second kappa shape index (κ2) is 5.19. The first-order valence-corrected chi connectivity index (χ1v) is 5.88. The average molecular weight is 295 g/mol. The summed E-state index contributed by atoms with van der Waals surface area (Å²) in [6.45, 7) is 0.241. The van der Waals surface area contributed by atoms with Crippen LogP contribution in [0.4, 0.5) is 4.39 Å². The molecule has 0 saturated heterocycles. The van der Waals surface area contributed by atoms with E-state index < -0.39 is 0 Å². The van der Waals surface area contributed by atoms with Gasteiger partial charge in [0.1, 0.15) is 5.82 Å². The third-order valence-electron chi connectivity index (χ3n) is 2.31. The van der Waals surface area contributed by atoms with Gasteiger partial charge in [0.25, 0.3) is 0 Å². The third kappa shape index (κ3) is 3.20. The van der Waals surface area contributed by atoms with Gasteiger partial charge in [0, 0.05) is 11.6 Å². The number of carbonyl (C=O) groups is 1. The molecule has 0 bridgehead atoms. The van der Waals surface area contributed by atoms with Gasteiger partial charge in [-0.2, -0.15) is 4.57 Å². The molecule has 1 heterocycles. The lowest BCUT2D eigenvalue weighted by molar-refractivity contribution is -0.683. The summed E-state index contributed by atoms with van der Waals surface area (Å²) in [6.07, 6.45) is 3.63. The van der Waals surface area contributed by atoms with E-state index in [2.05, 4.69) is 15.9 Å². The van der Waals surface area contributed by atoms with Gasteiger partial charge in [0.2, 0.25) is 12.3 Å². The summed E-state index contributed by atoms with van der Waals surface area (Å²) >= 11 is 3.34. The van der Waals surface area contributed by atoms with Crippen molar-refractivity contribution in [2.24, 2.45) is 0 Å². The summed E-state index contributed by atoms with van der Waals surface area (Å²) in [7, 11) is 0. The highest BCUT2D eigenvalue weighted by molar-refractivity contribution is 9.10. The summed E-state index contributed by atoms with van der Waals surface area (Å²) < 4.78 is 15.4. The van der Waals surface area contributed by atoms with Gasteiger partial charge < -0.3 is 0 Å². The van der Waals surface area contributed by atoms with Gasteiger partial charge in [-0.25, -0.2) is 4.39 Å².